The zero-order chi connectivity index (χ0) is 20.9. The molecular weight excluding hydrogens is 404 g/mol. The highest BCUT2D eigenvalue weighted by Crippen LogP contribution is 2.37. The number of nitrogen functional groups attached to an aromatic ring is 1. The highest BCUT2D eigenvalue weighted by molar-refractivity contribution is 7.15. The summed E-state index contributed by atoms with van der Waals surface area (Å²) >= 11 is 1.81. The van der Waals surface area contributed by atoms with Crippen molar-refractivity contribution in [2.24, 2.45) is 0 Å². The molecule has 6 aromatic rings. The van der Waals surface area contributed by atoms with Crippen LogP contribution >= 0.6 is 11.3 Å². The normalized spacial score (nSPS) is 11.5. The van der Waals surface area contributed by atoms with Crippen molar-refractivity contribution in [2.45, 2.75) is 6.92 Å². The van der Waals surface area contributed by atoms with Gasteiger partial charge in [0.1, 0.15) is 5.69 Å². The van der Waals surface area contributed by atoms with Crippen molar-refractivity contribution in [3.63, 3.8) is 0 Å². The Bertz CT molecular complexity index is 1570. The van der Waals surface area contributed by atoms with Crippen LogP contribution in [0.4, 0.5) is 5.69 Å². The summed E-state index contributed by atoms with van der Waals surface area (Å²) in [5, 5.41) is 9.86. The summed E-state index contributed by atoms with van der Waals surface area (Å²) in [6.45, 7) is 2.13. The predicted molar refractivity (Wildman–Crippen MR) is 127 cm³/mol. The number of aromatic nitrogens is 5. The molecule has 0 bridgehead atoms. The largest absolute Gasteiger partial charge is 0.397 e. The zero-order valence-corrected chi connectivity index (χ0v) is 17.5. The predicted octanol–water partition coefficient (Wildman–Crippen LogP) is 5.79. The van der Waals surface area contributed by atoms with Crippen molar-refractivity contribution in [3.8, 4) is 33.1 Å². The fourth-order valence-electron chi connectivity index (χ4n) is 3.95. The number of aromatic amines is 2. The number of rotatable bonds is 3. The van der Waals surface area contributed by atoms with Gasteiger partial charge in [0.15, 0.2) is 0 Å². The molecule has 0 amide bonds. The Morgan fingerprint density at radius 3 is 2.71 bits per heavy atom. The van der Waals surface area contributed by atoms with E-state index in [1.807, 2.05) is 12.1 Å². The van der Waals surface area contributed by atoms with Gasteiger partial charge < -0.3 is 10.7 Å². The minimum Gasteiger partial charge on any atom is -0.397 e. The van der Waals surface area contributed by atoms with E-state index < -0.39 is 0 Å². The molecule has 0 unspecified atom stereocenters. The van der Waals surface area contributed by atoms with Crippen molar-refractivity contribution in [1.82, 2.24) is 25.1 Å². The van der Waals surface area contributed by atoms with Gasteiger partial charge in [-0.1, -0.05) is 12.1 Å². The van der Waals surface area contributed by atoms with Crippen LogP contribution in [0.2, 0.25) is 0 Å². The zero-order valence-electron chi connectivity index (χ0n) is 16.7. The van der Waals surface area contributed by atoms with E-state index in [0.29, 0.717) is 5.69 Å². The Balaban J connectivity index is 1.51. The van der Waals surface area contributed by atoms with Crippen molar-refractivity contribution in [1.29, 1.82) is 0 Å². The van der Waals surface area contributed by atoms with Crippen molar-refractivity contribution >= 4 is 38.8 Å². The maximum atomic E-state index is 5.90. The number of nitrogens with two attached hydrogens (primary N) is 1. The number of H-pyrrole nitrogens is 2. The average Bonchev–Trinajstić information content (AvgIpc) is 3.50. The van der Waals surface area contributed by atoms with E-state index in [-0.39, 0.29) is 0 Å². The van der Waals surface area contributed by atoms with E-state index in [2.05, 4.69) is 68.5 Å². The SMILES string of the molecule is Cc1ccc(-c2cccc3[nH]c(-c4n[nH]c5cnc(-c6cncc(N)c6)cc45)cc23)s1. The number of anilines is 1. The number of hydrogen-bond donors (Lipinski definition) is 3. The van der Waals surface area contributed by atoms with Gasteiger partial charge in [-0.3, -0.25) is 15.1 Å². The van der Waals surface area contributed by atoms with E-state index in [9.17, 15) is 0 Å². The first-order chi connectivity index (χ1) is 15.2. The number of hydrogen-bond acceptors (Lipinski definition) is 5. The van der Waals surface area contributed by atoms with Gasteiger partial charge in [-0.2, -0.15) is 5.10 Å². The Hall–Kier alpha value is -3.97. The van der Waals surface area contributed by atoms with Crippen LogP contribution in [0.3, 0.4) is 0 Å². The van der Waals surface area contributed by atoms with E-state index in [0.717, 1.165) is 39.1 Å². The molecule has 4 N–H and O–H groups in total. The number of nitrogens with one attached hydrogen (secondary N) is 2. The second-order valence-corrected chi connectivity index (χ2v) is 8.84. The lowest BCUT2D eigenvalue weighted by Gasteiger charge is -2.02. The Morgan fingerprint density at radius 2 is 1.87 bits per heavy atom. The number of fused-ring (bicyclic) bond motifs is 2. The van der Waals surface area contributed by atoms with Gasteiger partial charge in [0, 0.05) is 49.6 Å². The summed E-state index contributed by atoms with van der Waals surface area (Å²) in [6, 6.07) is 16.8. The molecule has 0 aliphatic carbocycles. The molecule has 0 aliphatic rings. The third-order valence-electron chi connectivity index (χ3n) is 5.43. The number of aryl methyl sites for hydroxylation is 1. The molecule has 0 atom stereocenters. The molecule has 31 heavy (non-hydrogen) atoms. The van der Waals surface area contributed by atoms with Crippen molar-refractivity contribution in [3.05, 3.63) is 72.0 Å². The van der Waals surface area contributed by atoms with Crippen LogP contribution in [0.25, 0.3) is 54.9 Å². The first-order valence-electron chi connectivity index (χ1n) is 9.90. The summed E-state index contributed by atoms with van der Waals surface area (Å²) in [5.74, 6) is 0. The quantitative estimate of drug-likeness (QED) is 0.336. The highest BCUT2D eigenvalue weighted by Gasteiger charge is 2.15. The Labute approximate surface area is 181 Å². The van der Waals surface area contributed by atoms with Crippen LogP contribution in [0.15, 0.2) is 67.1 Å². The summed E-state index contributed by atoms with van der Waals surface area (Å²) in [4.78, 5) is 14.8. The summed E-state index contributed by atoms with van der Waals surface area (Å²) in [5.41, 5.74) is 13.2. The number of nitrogens with zero attached hydrogens (tertiary/aromatic N) is 3. The Morgan fingerprint density at radius 1 is 0.935 bits per heavy atom. The minimum atomic E-state index is 0.610. The number of benzene rings is 1. The average molecular weight is 423 g/mol. The first-order valence-corrected chi connectivity index (χ1v) is 10.7. The van der Waals surface area contributed by atoms with E-state index in [1.165, 1.54) is 20.7 Å². The molecule has 0 saturated heterocycles. The highest BCUT2D eigenvalue weighted by atomic mass is 32.1. The van der Waals surface area contributed by atoms with E-state index in [1.54, 1.807) is 29.9 Å². The molecule has 6 nitrogen and oxygen atoms in total. The van der Waals surface area contributed by atoms with Gasteiger partial charge >= 0.3 is 0 Å². The maximum absolute atomic E-state index is 5.90. The molecule has 0 fully saturated rings. The van der Waals surface area contributed by atoms with Crippen molar-refractivity contribution < 1.29 is 0 Å². The molecular formula is C24H18N6S. The first kappa shape index (κ1) is 17.9. The van der Waals surface area contributed by atoms with Crippen LogP contribution in [-0.4, -0.2) is 25.1 Å². The van der Waals surface area contributed by atoms with Crippen molar-refractivity contribution in [2.75, 3.05) is 5.73 Å². The monoisotopic (exact) mass is 422 g/mol. The number of pyridine rings is 2. The molecule has 5 heterocycles. The van der Waals surface area contributed by atoms with Gasteiger partial charge in [0.2, 0.25) is 0 Å². The summed E-state index contributed by atoms with van der Waals surface area (Å²) < 4.78 is 0. The maximum Gasteiger partial charge on any atom is 0.116 e. The van der Waals surface area contributed by atoms with Crippen LogP contribution in [-0.2, 0) is 0 Å². The molecule has 0 saturated carbocycles. The molecule has 6 rings (SSSR count). The summed E-state index contributed by atoms with van der Waals surface area (Å²) in [7, 11) is 0. The molecule has 7 heteroatoms. The third-order valence-corrected chi connectivity index (χ3v) is 6.46. The topological polar surface area (TPSA) is 96.3 Å². The Kier molecular flexibility index (Phi) is 3.91. The molecule has 0 spiro atoms. The second kappa shape index (κ2) is 6.78. The van der Waals surface area contributed by atoms with Crippen LogP contribution in [0, 0.1) is 6.92 Å². The summed E-state index contributed by atoms with van der Waals surface area (Å²) in [6.07, 6.45) is 5.19. The van der Waals surface area contributed by atoms with Gasteiger partial charge in [-0.25, -0.2) is 0 Å². The fourth-order valence-corrected chi connectivity index (χ4v) is 4.86. The van der Waals surface area contributed by atoms with Gasteiger partial charge in [-0.05, 0) is 43.3 Å². The van der Waals surface area contributed by atoms with Gasteiger partial charge in [0.05, 0.1) is 28.8 Å². The molecule has 150 valence electrons. The molecule has 1 aromatic carbocycles. The van der Waals surface area contributed by atoms with Gasteiger partial charge in [-0.15, -0.1) is 11.3 Å². The fraction of sp³-hybridized carbons (Fsp3) is 0.0417. The second-order valence-electron chi connectivity index (χ2n) is 7.55. The van der Waals surface area contributed by atoms with Crippen LogP contribution < -0.4 is 5.73 Å². The number of thiophene rings is 1. The molecule has 0 radical (unpaired) electrons. The third kappa shape index (κ3) is 2.98. The lowest BCUT2D eigenvalue weighted by Crippen LogP contribution is -1.89. The smallest absolute Gasteiger partial charge is 0.116 e. The molecule has 0 aliphatic heterocycles. The van der Waals surface area contributed by atoms with Gasteiger partial charge in [0.25, 0.3) is 0 Å². The lowest BCUT2D eigenvalue weighted by atomic mass is 10.1. The standard InChI is InChI=1S/C24H18N6S/c1-13-5-6-23(31-13)16-3-2-4-19-17(16)8-21(28-19)24-18-9-20(27-12-22(18)29-30-24)14-7-15(25)11-26-10-14/h2-12,28H,25H2,1H3,(H,29,30). The van der Waals surface area contributed by atoms with E-state index in [4.69, 9.17) is 5.73 Å². The van der Waals surface area contributed by atoms with Crippen LogP contribution in [0.1, 0.15) is 4.88 Å². The lowest BCUT2D eigenvalue weighted by molar-refractivity contribution is 1.11. The molecule has 5 aromatic heterocycles. The van der Waals surface area contributed by atoms with E-state index >= 15 is 0 Å². The minimum absolute atomic E-state index is 0.610. The van der Waals surface area contributed by atoms with Crippen LogP contribution in [0.5, 0.6) is 0 Å².